The van der Waals surface area contributed by atoms with E-state index in [0.717, 1.165) is 0 Å². The summed E-state index contributed by atoms with van der Waals surface area (Å²) in [5.74, 6) is -8.68. The average molecular weight is 817 g/mol. The SMILES string of the molecule is CC(C)C[C@H](NC(=O)[C@H](CC(=O)O)NC(=O)[C@H](C)NC(=O)[C@H](CO)NC(=O)[C@@H](N)CCCCN)C(=O)N[C@@H](CCCCN)C(=O)N[C@@H](CCCN=C(N)N)C(=O)O. The van der Waals surface area contributed by atoms with E-state index in [1.165, 1.54) is 6.92 Å². The average Bonchev–Trinajstić information content (AvgIpc) is 3.12. The van der Waals surface area contributed by atoms with E-state index in [1.54, 1.807) is 13.8 Å². The molecule has 0 saturated heterocycles. The van der Waals surface area contributed by atoms with E-state index in [2.05, 4.69) is 36.9 Å². The number of amides is 6. The molecule has 0 radical (unpaired) electrons. The Morgan fingerprint density at radius 2 is 1.05 bits per heavy atom. The Morgan fingerprint density at radius 1 is 0.579 bits per heavy atom. The predicted octanol–water partition coefficient (Wildman–Crippen LogP) is -4.85. The lowest BCUT2D eigenvalue weighted by molar-refractivity contribution is -0.142. The molecule has 0 aromatic carbocycles. The maximum atomic E-state index is 13.6. The zero-order valence-corrected chi connectivity index (χ0v) is 33.0. The number of carbonyl (C=O) groups is 8. The topological polar surface area (TPSA) is 412 Å². The van der Waals surface area contributed by atoms with E-state index in [4.69, 9.17) is 28.7 Å². The fraction of sp³-hybridized carbons (Fsp3) is 0.735. The van der Waals surface area contributed by atoms with Crippen LogP contribution in [0.1, 0.15) is 85.0 Å². The maximum Gasteiger partial charge on any atom is 0.326 e. The van der Waals surface area contributed by atoms with Gasteiger partial charge in [0.05, 0.1) is 19.1 Å². The number of nitrogens with one attached hydrogen (secondary N) is 6. The molecule has 0 bridgehead atoms. The zero-order chi connectivity index (χ0) is 43.7. The van der Waals surface area contributed by atoms with Gasteiger partial charge in [0.2, 0.25) is 35.4 Å². The van der Waals surface area contributed by atoms with Gasteiger partial charge in [-0.1, -0.05) is 20.3 Å². The van der Waals surface area contributed by atoms with Crippen molar-refractivity contribution in [3.05, 3.63) is 0 Å². The number of nitrogens with two attached hydrogens (primary N) is 5. The predicted molar refractivity (Wildman–Crippen MR) is 207 cm³/mol. The standard InChI is InChI=1S/C34H64N12O11/c1-18(2)15-23(30(53)42-21(10-5-7-13-36)29(52)43-22(33(56)57)11-8-14-40-34(38)39)45-31(54)24(16-26(48)49)44-27(50)19(3)41-32(55)25(17-47)46-28(51)20(37)9-4-6-12-35/h18-25,47H,4-17,35-37H2,1-3H3,(H,41,55)(H,42,53)(H,43,52)(H,44,50)(H,45,54)(H,46,51)(H,48,49)(H,56,57)(H4,38,39,40)/t19-,20-,21-,22-,23-,24-,25-/m0/s1. The highest BCUT2D eigenvalue weighted by atomic mass is 16.4. The van der Waals surface area contributed by atoms with Crippen LogP contribution in [0.25, 0.3) is 0 Å². The monoisotopic (exact) mass is 816 g/mol. The van der Waals surface area contributed by atoms with Crippen LogP contribution in [0.5, 0.6) is 0 Å². The third-order valence-electron chi connectivity index (χ3n) is 8.37. The second-order valence-corrected chi connectivity index (χ2v) is 13.9. The molecule has 0 aromatic heterocycles. The van der Waals surface area contributed by atoms with Crippen LogP contribution in [0.3, 0.4) is 0 Å². The molecule has 0 aliphatic carbocycles. The largest absolute Gasteiger partial charge is 0.481 e. The summed E-state index contributed by atoms with van der Waals surface area (Å²) in [6.07, 6.45) is 1.60. The first-order valence-electron chi connectivity index (χ1n) is 18.9. The van der Waals surface area contributed by atoms with Gasteiger partial charge in [0, 0.05) is 6.54 Å². The number of hydrogen-bond acceptors (Lipinski definition) is 13. The summed E-state index contributed by atoms with van der Waals surface area (Å²) in [6, 6.07) is -9.59. The molecule has 0 saturated carbocycles. The smallest absolute Gasteiger partial charge is 0.326 e. The summed E-state index contributed by atoms with van der Waals surface area (Å²) < 4.78 is 0. The lowest BCUT2D eigenvalue weighted by Crippen LogP contribution is -2.60. The minimum Gasteiger partial charge on any atom is -0.481 e. The van der Waals surface area contributed by atoms with Gasteiger partial charge in [-0.05, 0) is 77.3 Å². The fourth-order valence-corrected chi connectivity index (χ4v) is 5.22. The van der Waals surface area contributed by atoms with Gasteiger partial charge in [-0.2, -0.15) is 0 Å². The van der Waals surface area contributed by atoms with Gasteiger partial charge >= 0.3 is 11.9 Å². The van der Waals surface area contributed by atoms with Crippen LogP contribution in [0.4, 0.5) is 0 Å². The number of carboxylic acids is 2. The molecule has 0 aliphatic heterocycles. The Balaban J connectivity index is 5.93. The van der Waals surface area contributed by atoms with Crippen LogP contribution >= 0.6 is 0 Å². The van der Waals surface area contributed by atoms with Crippen molar-refractivity contribution in [3.63, 3.8) is 0 Å². The van der Waals surface area contributed by atoms with E-state index >= 15 is 0 Å². The molecule has 0 fully saturated rings. The van der Waals surface area contributed by atoms with Crippen LogP contribution in [0.15, 0.2) is 4.99 Å². The first kappa shape index (κ1) is 51.9. The highest BCUT2D eigenvalue weighted by Crippen LogP contribution is 2.10. The number of aliphatic carboxylic acids is 2. The number of aliphatic hydroxyl groups excluding tert-OH is 1. The molecule has 0 aliphatic rings. The second-order valence-electron chi connectivity index (χ2n) is 13.9. The zero-order valence-electron chi connectivity index (χ0n) is 33.0. The molecule has 0 rings (SSSR count). The van der Waals surface area contributed by atoms with E-state index in [9.17, 15) is 53.7 Å². The van der Waals surface area contributed by atoms with Crippen molar-refractivity contribution in [2.75, 3.05) is 26.2 Å². The Bertz CT molecular complexity index is 1360. The highest BCUT2D eigenvalue weighted by molar-refractivity contribution is 5.98. The number of guanidine groups is 1. The number of carbonyl (C=O) groups excluding carboxylic acids is 6. The van der Waals surface area contributed by atoms with Gasteiger partial charge in [-0.3, -0.25) is 38.6 Å². The number of rotatable bonds is 30. The van der Waals surface area contributed by atoms with E-state index in [1.807, 2.05) is 0 Å². The minimum atomic E-state index is -1.75. The van der Waals surface area contributed by atoms with Crippen molar-refractivity contribution in [1.82, 2.24) is 31.9 Å². The van der Waals surface area contributed by atoms with Crippen molar-refractivity contribution in [1.29, 1.82) is 0 Å². The third-order valence-corrected chi connectivity index (χ3v) is 8.37. The number of hydrogen-bond donors (Lipinski definition) is 14. The van der Waals surface area contributed by atoms with Gasteiger partial charge in [-0.25, -0.2) is 4.79 Å². The molecule has 23 nitrogen and oxygen atoms in total. The van der Waals surface area contributed by atoms with Gasteiger partial charge in [0.1, 0.15) is 36.3 Å². The molecule has 6 amide bonds. The summed E-state index contributed by atoms with van der Waals surface area (Å²) in [7, 11) is 0. The quantitative estimate of drug-likeness (QED) is 0.0184. The molecular weight excluding hydrogens is 752 g/mol. The highest BCUT2D eigenvalue weighted by Gasteiger charge is 2.33. The van der Waals surface area contributed by atoms with Crippen LogP contribution in [0, 0.1) is 5.92 Å². The van der Waals surface area contributed by atoms with Crippen molar-refractivity contribution in [2.24, 2.45) is 39.6 Å². The van der Waals surface area contributed by atoms with Crippen molar-refractivity contribution >= 4 is 53.3 Å². The molecule has 0 heterocycles. The van der Waals surface area contributed by atoms with Crippen LogP contribution in [-0.4, -0.2) is 137 Å². The van der Waals surface area contributed by atoms with Crippen molar-refractivity contribution < 1.29 is 53.7 Å². The van der Waals surface area contributed by atoms with Gasteiger partial charge in [-0.15, -0.1) is 0 Å². The normalized spacial score (nSPS) is 14.7. The summed E-state index contributed by atoms with van der Waals surface area (Å²) >= 11 is 0. The lowest BCUT2D eigenvalue weighted by Gasteiger charge is -2.27. The van der Waals surface area contributed by atoms with E-state index in [0.29, 0.717) is 32.2 Å². The van der Waals surface area contributed by atoms with Crippen LogP contribution in [0.2, 0.25) is 0 Å². The van der Waals surface area contributed by atoms with E-state index < -0.39 is 103 Å². The van der Waals surface area contributed by atoms with Gasteiger partial charge in [0.15, 0.2) is 5.96 Å². The van der Waals surface area contributed by atoms with E-state index in [-0.39, 0.29) is 57.1 Å². The van der Waals surface area contributed by atoms with Crippen LogP contribution in [-0.2, 0) is 38.4 Å². The molecular formula is C34H64N12O11. The number of aliphatic imine (C=N–C) groups is 1. The Morgan fingerprint density at radius 3 is 1.58 bits per heavy atom. The summed E-state index contributed by atoms with van der Waals surface area (Å²) in [6.45, 7) is 4.62. The second kappa shape index (κ2) is 28.3. The molecule has 0 spiro atoms. The van der Waals surface area contributed by atoms with Crippen molar-refractivity contribution in [3.8, 4) is 0 Å². The minimum absolute atomic E-state index is 0.00238. The molecule has 57 heavy (non-hydrogen) atoms. The Labute approximate surface area is 331 Å². The molecule has 7 atom stereocenters. The molecule has 23 heteroatoms. The molecule has 326 valence electrons. The first-order valence-corrected chi connectivity index (χ1v) is 18.9. The third kappa shape index (κ3) is 22.3. The number of nitrogens with zero attached hydrogens (tertiary/aromatic N) is 1. The number of aliphatic hydroxyl groups is 1. The molecule has 0 unspecified atom stereocenters. The lowest BCUT2D eigenvalue weighted by atomic mass is 10.0. The van der Waals surface area contributed by atoms with Crippen LogP contribution < -0.4 is 60.6 Å². The first-order chi connectivity index (χ1) is 26.8. The van der Waals surface area contributed by atoms with Crippen molar-refractivity contribution in [2.45, 2.75) is 127 Å². The number of unbranched alkanes of at least 4 members (excludes halogenated alkanes) is 2. The number of carboxylic acid groups (broad SMARTS) is 2. The van der Waals surface area contributed by atoms with Gasteiger partial charge in [0.25, 0.3) is 0 Å². The Hall–Kier alpha value is -5.13. The maximum absolute atomic E-state index is 13.6. The molecule has 0 aromatic rings. The Kier molecular flexibility index (Phi) is 25.7. The van der Waals surface area contributed by atoms with Gasteiger partial charge < -0.3 is 75.9 Å². The summed E-state index contributed by atoms with van der Waals surface area (Å²) in [5, 5.41) is 43.1. The fourth-order valence-electron chi connectivity index (χ4n) is 5.22. The molecule has 19 N–H and O–H groups in total. The summed E-state index contributed by atoms with van der Waals surface area (Å²) in [5.41, 5.74) is 27.5. The summed E-state index contributed by atoms with van der Waals surface area (Å²) in [4.78, 5) is 106.